The number of methoxy groups -OCH3 is 2. The van der Waals surface area contributed by atoms with Crippen molar-refractivity contribution in [3.05, 3.63) is 46.2 Å². The van der Waals surface area contributed by atoms with Crippen LogP contribution in [0.1, 0.15) is 6.42 Å². The molecule has 0 aliphatic rings. The number of sulfone groups is 1. The van der Waals surface area contributed by atoms with Gasteiger partial charge in [0.2, 0.25) is 5.91 Å². The van der Waals surface area contributed by atoms with E-state index in [9.17, 15) is 13.2 Å². The van der Waals surface area contributed by atoms with Crippen molar-refractivity contribution in [2.24, 2.45) is 12.0 Å². The molecule has 1 heterocycles. The Kier molecular flexibility index (Phi) is 6.30. The lowest BCUT2D eigenvalue weighted by Crippen LogP contribution is -2.16. The number of amides is 1. The predicted molar refractivity (Wildman–Crippen MR) is 113 cm³/mol. The average molecular weight is 455 g/mol. The van der Waals surface area contributed by atoms with Gasteiger partial charge in [-0.05, 0) is 36.4 Å². The van der Waals surface area contributed by atoms with Gasteiger partial charge in [-0.15, -0.1) is 0 Å². The van der Waals surface area contributed by atoms with E-state index in [1.165, 1.54) is 35.6 Å². The zero-order chi connectivity index (χ0) is 21.2. The van der Waals surface area contributed by atoms with Gasteiger partial charge in [0, 0.05) is 18.5 Å². The number of nitrogens with zero attached hydrogens (tertiary/aromatic N) is 2. The van der Waals surface area contributed by atoms with Crippen molar-refractivity contribution in [1.29, 1.82) is 0 Å². The number of aryl methyl sites for hydroxylation is 1. The summed E-state index contributed by atoms with van der Waals surface area (Å²) in [7, 11) is 1.28. The van der Waals surface area contributed by atoms with Crippen LogP contribution in [0.25, 0.3) is 10.2 Å². The van der Waals surface area contributed by atoms with E-state index in [0.717, 1.165) is 10.2 Å². The molecular formula is C19H19ClN2O5S2. The van der Waals surface area contributed by atoms with Crippen molar-refractivity contribution in [3.8, 4) is 11.5 Å². The fourth-order valence-corrected chi connectivity index (χ4v) is 5.27. The van der Waals surface area contributed by atoms with Crippen LogP contribution in [0.5, 0.6) is 11.5 Å². The molecule has 0 fully saturated rings. The second-order valence-electron chi connectivity index (χ2n) is 6.12. The van der Waals surface area contributed by atoms with Gasteiger partial charge in [0.1, 0.15) is 21.7 Å². The number of hydrogen-bond acceptors (Lipinski definition) is 6. The van der Waals surface area contributed by atoms with Gasteiger partial charge in [-0.3, -0.25) is 4.79 Å². The second kappa shape index (κ2) is 8.56. The number of carbonyl (C=O) groups excluding carboxylic acids is 1. The summed E-state index contributed by atoms with van der Waals surface area (Å²) in [4.78, 5) is 17.0. The van der Waals surface area contributed by atoms with Gasteiger partial charge in [0.05, 0.1) is 24.9 Å². The van der Waals surface area contributed by atoms with Crippen LogP contribution in [-0.2, 0) is 21.7 Å². The Morgan fingerprint density at radius 2 is 1.72 bits per heavy atom. The maximum absolute atomic E-state index is 12.4. The molecule has 2 aromatic carbocycles. The monoisotopic (exact) mass is 454 g/mol. The van der Waals surface area contributed by atoms with Crippen LogP contribution in [0.15, 0.2) is 46.3 Å². The highest BCUT2D eigenvalue weighted by Gasteiger charge is 2.18. The molecule has 1 aromatic heterocycles. The van der Waals surface area contributed by atoms with E-state index in [-0.39, 0.29) is 17.1 Å². The molecule has 0 aliphatic carbocycles. The lowest BCUT2D eigenvalue weighted by atomic mass is 10.3. The van der Waals surface area contributed by atoms with Crippen molar-refractivity contribution in [1.82, 2.24) is 4.57 Å². The molecule has 0 unspecified atom stereocenters. The Balaban J connectivity index is 1.88. The number of aromatic nitrogens is 1. The number of fused-ring (bicyclic) bond motifs is 1. The first-order chi connectivity index (χ1) is 13.8. The Hall–Kier alpha value is -2.36. The molecule has 0 saturated heterocycles. The van der Waals surface area contributed by atoms with Crippen LogP contribution in [0.2, 0.25) is 5.02 Å². The van der Waals surface area contributed by atoms with Crippen molar-refractivity contribution in [2.45, 2.75) is 11.3 Å². The van der Waals surface area contributed by atoms with E-state index >= 15 is 0 Å². The third-order valence-electron chi connectivity index (χ3n) is 4.29. The molecular weight excluding hydrogens is 436 g/mol. The summed E-state index contributed by atoms with van der Waals surface area (Å²) < 4.78 is 38.1. The molecule has 0 saturated carbocycles. The number of ether oxygens (including phenoxy) is 2. The first-order valence-electron chi connectivity index (χ1n) is 8.53. The third-order valence-corrected chi connectivity index (χ3v) is 7.42. The molecule has 3 rings (SSSR count). The van der Waals surface area contributed by atoms with Crippen molar-refractivity contribution >= 4 is 48.9 Å². The second-order valence-corrected chi connectivity index (χ2v) is 9.64. The van der Waals surface area contributed by atoms with Crippen molar-refractivity contribution in [3.63, 3.8) is 0 Å². The van der Waals surface area contributed by atoms with Gasteiger partial charge in [-0.1, -0.05) is 22.9 Å². The molecule has 0 N–H and O–H groups in total. The number of carbonyl (C=O) groups is 1. The highest BCUT2D eigenvalue weighted by atomic mass is 35.5. The lowest BCUT2D eigenvalue weighted by molar-refractivity contribution is -0.117. The maximum atomic E-state index is 12.4. The molecule has 0 aliphatic heterocycles. The van der Waals surface area contributed by atoms with E-state index in [0.29, 0.717) is 21.3 Å². The highest BCUT2D eigenvalue weighted by molar-refractivity contribution is 7.91. The first-order valence-corrected chi connectivity index (χ1v) is 11.4. The zero-order valence-electron chi connectivity index (χ0n) is 16.0. The molecule has 1 amide bonds. The molecule has 10 heteroatoms. The largest absolute Gasteiger partial charge is 0.495 e. The van der Waals surface area contributed by atoms with Crippen molar-refractivity contribution in [2.75, 3.05) is 20.0 Å². The summed E-state index contributed by atoms with van der Waals surface area (Å²) in [6, 6.07) is 9.39. The molecule has 0 spiro atoms. The Morgan fingerprint density at radius 1 is 1.10 bits per heavy atom. The summed E-state index contributed by atoms with van der Waals surface area (Å²) >= 11 is 7.06. The molecule has 0 atom stereocenters. The third kappa shape index (κ3) is 4.47. The molecule has 7 nitrogen and oxygen atoms in total. The summed E-state index contributed by atoms with van der Waals surface area (Å²) in [6.45, 7) is 0. The Labute approximate surface area is 177 Å². The SMILES string of the molecule is COc1ccc(OC)c2c1sc(=NC(=O)CCS(=O)(=O)c1ccc(Cl)cc1)n2C. The Bertz CT molecular complexity index is 1230. The van der Waals surface area contributed by atoms with Gasteiger partial charge in [0.15, 0.2) is 14.6 Å². The van der Waals surface area contributed by atoms with E-state index in [1.807, 2.05) is 0 Å². The van der Waals surface area contributed by atoms with Crippen LogP contribution < -0.4 is 14.3 Å². The van der Waals surface area contributed by atoms with E-state index in [1.54, 1.807) is 38.0 Å². The number of halogens is 1. The van der Waals surface area contributed by atoms with Gasteiger partial charge < -0.3 is 14.0 Å². The normalized spacial score (nSPS) is 12.3. The average Bonchev–Trinajstić information content (AvgIpc) is 3.02. The van der Waals surface area contributed by atoms with Crippen molar-refractivity contribution < 1.29 is 22.7 Å². The van der Waals surface area contributed by atoms with Crippen LogP contribution in [0.4, 0.5) is 0 Å². The van der Waals surface area contributed by atoms with Crippen LogP contribution >= 0.6 is 22.9 Å². The van der Waals surface area contributed by atoms with Gasteiger partial charge >= 0.3 is 0 Å². The molecule has 0 bridgehead atoms. The maximum Gasteiger partial charge on any atom is 0.249 e. The van der Waals surface area contributed by atoms with Crippen LogP contribution in [0.3, 0.4) is 0 Å². The summed E-state index contributed by atoms with van der Waals surface area (Å²) in [5.41, 5.74) is 0.747. The minimum absolute atomic E-state index is 0.122. The quantitative estimate of drug-likeness (QED) is 0.570. The van der Waals surface area contributed by atoms with E-state index in [2.05, 4.69) is 4.99 Å². The number of hydrogen-bond donors (Lipinski definition) is 0. The zero-order valence-corrected chi connectivity index (χ0v) is 18.4. The van der Waals surface area contributed by atoms with E-state index in [4.69, 9.17) is 21.1 Å². The summed E-state index contributed by atoms with van der Waals surface area (Å²) in [6.07, 6.45) is -0.229. The number of thiazole rings is 1. The highest BCUT2D eigenvalue weighted by Crippen LogP contribution is 2.34. The van der Waals surface area contributed by atoms with Gasteiger partial charge in [0.25, 0.3) is 0 Å². The first kappa shape index (κ1) is 21.4. The summed E-state index contributed by atoms with van der Waals surface area (Å²) in [5, 5.41) is 0.443. The topological polar surface area (TPSA) is 87.0 Å². The molecule has 154 valence electrons. The van der Waals surface area contributed by atoms with Gasteiger partial charge in [-0.25, -0.2) is 8.42 Å². The molecule has 3 aromatic rings. The number of benzene rings is 2. The fraction of sp³-hybridized carbons (Fsp3) is 0.263. The predicted octanol–water partition coefficient (Wildman–Crippen LogP) is 3.20. The van der Waals surface area contributed by atoms with E-state index < -0.39 is 15.7 Å². The minimum Gasteiger partial charge on any atom is -0.495 e. The number of rotatable bonds is 6. The minimum atomic E-state index is -3.60. The smallest absolute Gasteiger partial charge is 0.249 e. The lowest BCUT2D eigenvalue weighted by Gasteiger charge is -2.06. The standard InChI is InChI=1S/C19H19ClN2O5S2/c1-22-17-14(26-2)8-9-15(27-3)18(17)28-19(22)21-16(23)10-11-29(24,25)13-6-4-12(20)5-7-13/h4-9H,10-11H2,1-3H3. The molecule has 0 radical (unpaired) electrons. The van der Waals surface area contributed by atoms with Crippen LogP contribution in [-0.4, -0.2) is 38.9 Å². The molecule has 29 heavy (non-hydrogen) atoms. The fourth-order valence-electron chi connectivity index (χ4n) is 2.77. The Morgan fingerprint density at radius 3 is 2.34 bits per heavy atom. The summed E-state index contributed by atoms with van der Waals surface area (Å²) in [5.74, 6) is 0.403. The van der Waals surface area contributed by atoms with Crippen LogP contribution in [0, 0.1) is 0 Å². The van der Waals surface area contributed by atoms with Gasteiger partial charge in [-0.2, -0.15) is 4.99 Å².